The van der Waals surface area contributed by atoms with Gasteiger partial charge in [-0.3, -0.25) is 0 Å². The number of carboxylic acids is 1. The summed E-state index contributed by atoms with van der Waals surface area (Å²) >= 11 is 0. The third kappa shape index (κ3) is 2.80. The van der Waals surface area contributed by atoms with Crippen LogP contribution in [0.2, 0.25) is 0 Å². The third-order valence-electron chi connectivity index (χ3n) is 2.65. The molecule has 2 aromatic carbocycles. The molecule has 0 aliphatic carbocycles. The summed E-state index contributed by atoms with van der Waals surface area (Å²) in [6, 6.07) is 13.1. The van der Waals surface area contributed by atoms with Crippen molar-refractivity contribution in [3.8, 4) is 5.75 Å². The lowest BCUT2D eigenvalue weighted by atomic mass is 10.1. The van der Waals surface area contributed by atoms with Crippen molar-refractivity contribution in [1.82, 2.24) is 0 Å². The van der Waals surface area contributed by atoms with Gasteiger partial charge in [-0.2, -0.15) is 0 Å². The second-order valence-electron chi connectivity index (χ2n) is 4.01. The molecule has 0 atom stereocenters. The average Bonchev–Trinajstić information content (AvgIpc) is 2.41. The minimum absolute atomic E-state index is 0.0238. The summed E-state index contributed by atoms with van der Waals surface area (Å²) in [4.78, 5) is 23.0. The van der Waals surface area contributed by atoms with E-state index in [9.17, 15) is 9.59 Å². The van der Waals surface area contributed by atoms with Gasteiger partial charge < -0.3 is 9.84 Å². The van der Waals surface area contributed by atoms with Crippen LogP contribution in [-0.4, -0.2) is 17.0 Å². The van der Waals surface area contributed by atoms with Crippen LogP contribution in [0, 0.1) is 6.92 Å². The molecular weight excluding hydrogens is 244 g/mol. The molecule has 0 amide bonds. The van der Waals surface area contributed by atoms with E-state index in [0.29, 0.717) is 11.1 Å². The fourth-order valence-electron chi connectivity index (χ4n) is 1.68. The maximum Gasteiger partial charge on any atom is 0.343 e. The highest BCUT2D eigenvalue weighted by molar-refractivity contribution is 5.95. The molecule has 0 unspecified atom stereocenters. The molecule has 0 aliphatic rings. The molecule has 19 heavy (non-hydrogen) atoms. The van der Waals surface area contributed by atoms with Gasteiger partial charge in [-0.25, -0.2) is 9.59 Å². The lowest BCUT2D eigenvalue weighted by Crippen LogP contribution is -2.12. The molecule has 0 saturated carbocycles. The van der Waals surface area contributed by atoms with Gasteiger partial charge in [-0.05, 0) is 30.7 Å². The fraction of sp³-hybridized carbons (Fsp3) is 0.0667. The summed E-state index contributed by atoms with van der Waals surface area (Å²) in [7, 11) is 0. The number of rotatable bonds is 3. The standard InChI is InChI=1S/C15H12O4/c1-10-6-5-9-12(14(16)17)13(10)19-15(18)11-7-3-2-4-8-11/h2-9H,1H3,(H,16,17). The van der Waals surface area contributed by atoms with Crippen LogP contribution in [0.4, 0.5) is 0 Å². The molecule has 1 N–H and O–H groups in total. The van der Waals surface area contributed by atoms with Crippen molar-refractivity contribution < 1.29 is 19.4 Å². The molecule has 0 heterocycles. The van der Waals surface area contributed by atoms with E-state index in [2.05, 4.69) is 0 Å². The van der Waals surface area contributed by atoms with Gasteiger partial charge in [0.2, 0.25) is 0 Å². The Morgan fingerprint density at radius 1 is 1.00 bits per heavy atom. The number of carbonyl (C=O) groups is 2. The van der Waals surface area contributed by atoms with Crippen LogP contribution in [0.1, 0.15) is 26.3 Å². The summed E-state index contributed by atoms with van der Waals surface area (Å²) in [5.74, 6) is -1.61. The normalized spacial score (nSPS) is 9.95. The van der Waals surface area contributed by atoms with E-state index in [1.807, 2.05) is 0 Å². The van der Waals surface area contributed by atoms with Gasteiger partial charge in [0, 0.05) is 0 Å². The number of hydrogen-bond donors (Lipinski definition) is 1. The zero-order chi connectivity index (χ0) is 13.8. The molecular formula is C15H12O4. The molecule has 4 nitrogen and oxygen atoms in total. The van der Waals surface area contributed by atoms with Gasteiger partial charge in [0.05, 0.1) is 5.56 Å². The zero-order valence-electron chi connectivity index (χ0n) is 10.3. The van der Waals surface area contributed by atoms with Crippen LogP contribution in [0.25, 0.3) is 0 Å². The van der Waals surface area contributed by atoms with Crippen LogP contribution in [0.5, 0.6) is 5.75 Å². The van der Waals surface area contributed by atoms with Crippen molar-refractivity contribution in [1.29, 1.82) is 0 Å². The van der Waals surface area contributed by atoms with Gasteiger partial charge in [0.1, 0.15) is 11.3 Å². The summed E-state index contributed by atoms with van der Waals surface area (Å²) < 4.78 is 5.20. The average molecular weight is 256 g/mol. The van der Waals surface area contributed by atoms with Crippen LogP contribution in [0.3, 0.4) is 0 Å². The number of ether oxygens (including phenoxy) is 1. The highest BCUT2D eigenvalue weighted by atomic mass is 16.5. The van der Waals surface area contributed by atoms with Crippen molar-refractivity contribution in [3.05, 3.63) is 65.2 Å². The van der Waals surface area contributed by atoms with Crippen LogP contribution in [0.15, 0.2) is 48.5 Å². The van der Waals surface area contributed by atoms with Crippen LogP contribution in [-0.2, 0) is 0 Å². The molecule has 0 aromatic heterocycles. The highest BCUT2D eigenvalue weighted by Gasteiger charge is 2.17. The molecule has 2 aromatic rings. The van der Waals surface area contributed by atoms with E-state index in [-0.39, 0.29) is 11.3 Å². The first kappa shape index (κ1) is 12.8. The topological polar surface area (TPSA) is 63.6 Å². The predicted molar refractivity (Wildman–Crippen MR) is 69.5 cm³/mol. The number of aromatic carboxylic acids is 1. The first-order valence-corrected chi connectivity index (χ1v) is 5.69. The summed E-state index contributed by atoms with van der Waals surface area (Å²) in [6.45, 7) is 1.69. The lowest BCUT2D eigenvalue weighted by Gasteiger charge is -2.10. The van der Waals surface area contributed by atoms with Crippen LogP contribution < -0.4 is 4.74 Å². The Hall–Kier alpha value is -2.62. The maximum atomic E-state index is 11.9. The fourth-order valence-corrected chi connectivity index (χ4v) is 1.68. The molecule has 0 spiro atoms. The van der Waals surface area contributed by atoms with Crippen molar-refractivity contribution in [3.63, 3.8) is 0 Å². The van der Waals surface area contributed by atoms with Gasteiger partial charge in [-0.15, -0.1) is 0 Å². The zero-order valence-corrected chi connectivity index (χ0v) is 10.3. The highest BCUT2D eigenvalue weighted by Crippen LogP contribution is 2.24. The Labute approximate surface area is 110 Å². The Bertz CT molecular complexity index is 617. The molecule has 2 rings (SSSR count). The Balaban J connectivity index is 2.34. The molecule has 0 bridgehead atoms. The van der Waals surface area contributed by atoms with Crippen molar-refractivity contribution in [2.75, 3.05) is 0 Å². The van der Waals surface area contributed by atoms with E-state index < -0.39 is 11.9 Å². The van der Waals surface area contributed by atoms with Crippen LogP contribution >= 0.6 is 0 Å². The minimum atomic E-state index is -1.13. The molecule has 0 fully saturated rings. The smallest absolute Gasteiger partial charge is 0.343 e. The van der Waals surface area contributed by atoms with Gasteiger partial charge in [0.25, 0.3) is 0 Å². The van der Waals surface area contributed by atoms with E-state index >= 15 is 0 Å². The minimum Gasteiger partial charge on any atom is -0.478 e. The number of aryl methyl sites for hydroxylation is 1. The quantitative estimate of drug-likeness (QED) is 0.677. The molecule has 0 saturated heterocycles. The Kier molecular flexibility index (Phi) is 3.61. The van der Waals surface area contributed by atoms with Crippen molar-refractivity contribution in [2.45, 2.75) is 6.92 Å². The number of hydrogen-bond acceptors (Lipinski definition) is 3. The monoisotopic (exact) mass is 256 g/mol. The Morgan fingerprint density at radius 3 is 2.32 bits per heavy atom. The molecule has 96 valence electrons. The predicted octanol–water partition coefficient (Wildman–Crippen LogP) is 2.91. The van der Waals surface area contributed by atoms with Crippen molar-refractivity contribution in [2.24, 2.45) is 0 Å². The first-order valence-electron chi connectivity index (χ1n) is 5.69. The SMILES string of the molecule is Cc1cccc(C(=O)O)c1OC(=O)c1ccccc1. The molecule has 0 aliphatic heterocycles. The maximum absolute atomic E-state index is 11.9. The van der Waals surface area contributed by atoms with E-state index in [1.54, 1.807) is 49.4 Å². The number of esters is 1. The summed E-state index contributed by atoms with van der Waals surface area (Å²) in [6.07, 6.45) is 0. The van der Waals surface area contributed by atoms with Gasteiger partial charge in [0.15, 0.2) is 0 Å². The second kappa shape index (κ2) is 5.35. The summed E-state index contributed by atoms with van der Waals surface area (Å²) in [5, 5.41) is 9.08. The lowest BCUT2D eigenvalue weighted by molar-refractivity contribution is 0.0681. The number of carboxylic acid groups (broad SMARTS) is 1. The summed E-state index contributed by atoms with van der Waals surface area (Å²) in [5.41, 5.74) is 0.954. The largest absolute Gasteiger partial charge is 0.478 e. The second-order valence-corrected chi connectivity index (χ2v) is 4.01. The van der Waals surface area contributed by atoms with E-state index in [1.165, 1.54) is 6.07 Å². The third-order valence-corrected chi connectivity index (χ3v) is 2.65. The van der Waals surface area contributed by atoms with E-state index in [4.69, 9.17) is 9.84 Å². The molecule has 0 radical (unpaired) electrons. The van der Waals surface area contributed by atoms with E-state index in [0.717, 1.165) is 0 Å². The Morgan fingerprint density at radius 2 is 1.68 bits per heavy atom. The number of para-hydroxylation sites is 1. The number of carbonyl (C=O) groups excluding carboxylic acids is 1. The van der Waals surface area contributed by atoms with Gasteiger partial charge >= 0.3 is 11.9 Å². The first-order chi connectivity index (χ1) is 9.09. The van der Waals surface area contributed by atoms with Crippen molar-refractivity contribution >= 4 is 11.9 Å². The molecule has 4 heteroatoms. The number of benzene rings is 2. The van der Waals surface area contributed by atoms with Gasteiger partial charge in [-0.1, -0.05) is 30.3 Å².